The van der Waals surface area contributed by atoms with Crippen LogP contribution in [0.4, 0.5) is 20.4 Å². The van der Waals surface area contributed by atoms with E-state index >= 15 is 0 Å². The predicted octanol–water partition coefficient (Wildman–Crippen LogP) is 4.87. The molecule has 2 amide bonds. The van der Waals surface area contributed by atoms with Gasteiger partial charge in [0.2, 0.25) is 0 Å². The second-order valence-electron chi connectivity index (χ2n) is 10.3. The molecule has 9 nitrogen and oxygen atoms in total. The summed E-state index contributed by atoms with van der Waals surface area (Å²) >= 11 is 6.16. The average molecular weight is 570 g/mol. The minimum Gasteiger partial charge on any atom is -0.368 e. The number of rotatable bonds is 8. The molecule has 1 saturated carbocycles. The molecule has 1 saturated heterocycles. The highest BCUT2D eigenvalue weighted by Crippen LogP contribution is 2.35. The van der Waals surface area contributed by atoms with Crippen molar-refractivity contribution in [2.24, 2.45) is 0 Å². The molecule has 0 bridgehead atoms. The van der Waals surface area contributed by atoms with Crippen LogP contribution >= 0.6 is 11.6 Å². The highest BCUT2D eigenvalue weighted by Gasteiger charge is 2.46. The van der Waals surface area contributed by atoms with Crippen LogP contribution in [0.25, 0.3) is 11.1 Å². The van der Waals surface area contributed by atoms with Crippen molar-refractivity contribution in [1.29, 1.82) is 0 Å². The number of alkyl halides is 2. The third-order valence-corrected chi connectivity index (χ3v) is 6.78. The maximum absolute atomic E-state index is 13.5. The number of aromatic nitrogens is 2. The second kappa shape index (κ2) is 10.5. The summed E-state index contributed by atoms with van der Waals surface area (Å²) in [5.41, 5.74) is 0.447. The monoisotopic (exact) mass is 569 g/mol. The Kier molecular flexibility index (Phi) is 7.17. The van der Waals surface area contributed by atoms with E-state index in [4.69, 9.17) is 11.6 Å². The molecular weight excluding hydrogens is 544 g/mol. The smallest absolute Gasteiger partial charge is 0.282 e. The van der Waals surface area contributed by atoms with Gasteiger partial charge in [-0.15, -0.1) is 0 Å². The second-order valence-corrected chi connectivity index (χ2v) is 10.8. The Bertz CT molecular complexity index is 1580. The lowest BCUT2D eigenvalue weighted by molar-refractivity contribution is -0.113. The molecule has 2 aromatic heterocycles. The summed E-state index contributed by atoms with van der Waals surface area (Å²) in [6.45, 7) is 2.40. The molecule has 12 heteroatoms. The van der Waals surface area contributed by atoms with Crippen LogP contribution in [0.2, 0.25) is 5.02 Å². The van der Waals surface area contributed by atoms with Gasteiger partial charge in [0, 0.05) is 34.4 Å². The van der Waals surface area contributed by atoms with E-state index in [0.29, 0.717) is 23.2 Å². The van der Waals surface area contributed by atoms with E-state index in [2.05, 4.69) is 15.6 Å². The molecule has 1 aliphatic heterocycles. The Labute approximate surface area is 233 Å². The van der Waals surface area contributed by atoms with Crippen LogP contribution < -0.4 is 16.2 Å². The van der Waals surface area contributed by atoms with Crippen LogP contribution in [0.3, 0.4) is 0 Å². The number of halogens is 3. The molecule has 3 heterocycles. The zero-order valence-electron chi connectivity index (χ0n) is 21.7. The van der Waals surface area contributed by atoms with Crippen molar-refractivity contribution in [3.8, 4) is 11.1 Å². The van der Waals surface area contributed by atoms with Crippen LogP contribution in [0.15, 0.2) is 47.4 Å². The molecule has 3 aromatic rings. The summed E-state index contributed by atoms with van der Waals surface area (Å²) in [6.07, 6.45) is 3.59. The highest BCUT2D eigenvalue weighted by molar-refractivity contribution is 6.31. The fraction of sp³-hybridized carbons (Fsp3) is 0.321. The maximum Gasteiger partial charge on any atom is 0.282 e. The highest BCUT2D eigenvalue weighted by atomic mass is 35.5. The molecular formula is C28H26ClF2N5O4. The number of hydrogen-bond acceptors (Lipinski definition) is 6. The first kappa shape index (κ1) is 27.4. The number of pyridine rings is 2. The molecule has 0 atom stereocenters. The number of nitrogens with zero attached hydrogens (tertiary/aromatic N) is 3. The minimum absolute atomic E-state index is 0.0454. The summed E-state index contributed by atoms with van der Waals surface area (Å²) < 4.78 is 28.4. The van der Waals surface area contributed by atoms with Gasteiger partial charge in [-0.1, -0.05) is 17.7 Å². The zero-order valence-corrected chi connectivity index (χ0v) is 22.5. The Balaban J connectivity index is 1.53. The normalized spacial score (nSPS) is 15.9. The number of aldehydes is 1. The molecule has 5 rings (SSSR count). The van der Waals surface area contributed by atoms with Crippen LogP contribution in [-0.4, -0.2) is 57.6 Å². The van der Waals surface area contributed by atoms with E-state index in [1.807, 2.05) is 13.8 Å². The molecule has 208 valence electrons. The standard InChI is InChI=1S/C28H26ClF2N5O4/c1-15(2)32-23-8-17(20-6-3-18(29)10-21(20)26(39)35-13-28(30,31)14-35)9-24(33-23)34-25(38)22-7-16(12-37)11-36(27(22)40)19-4-5-19/h3,6-12,15,19H,4-5,13-14H2,1-2H3,(H2,32,33,34,38). The van der Waals surface area contributed by atoms with Crippen LogP contribution in [0.5, 0.6) is 0 Å². The van der Waals surface area contributed by atoms with Crippen molar-refractivity contribution >= 4 is 41.3 Å². The zero-order chi connectivity index (χ0) is 28.8. The number of nitrogens with one attached hydrogen (secondary N) is 2. The van der Waals surface area contributed by atoms with Crippen LogP contribution in [-0.2, 0) is 0 Å². The van der Waals surface area contributed by atoms with Crippen LogP contribution in [0.1, 0.15) is 63.8 Å². The fourth-order valence-corrected chi connectivity index (χ4v) is 4.72. The lowest BCUT2D eigenvalue weighted by Crippen LogP contribution is -2.58. The number of carbonyl (C=O) groups is 3. The number of anilines is 2. The van der Waals surface area contributed by atoms with Gasteiger partial charge in [-0.3, -0.25) is 19.2 Å². The van der Waals surface area contributed by atoms with Gasteiger partial charge in [0.25, 0.3) is 23.3 Å². The van der Waals surface area contributed by atoms with Crippen molar-refractivity contribution in [3.63, 3.8) is 0 Å². The number of likely N-dealkylation sites (tertiary alicyclic amines) is 1. The number of hydrogen-bond donors (Lipinski definition) is 2. The molecule has 0 radical (unpaired) electrons. The number of benzene rings is 1. The van der Waals surface area contributed by atoms with Gasteiger partial charge in [0.15, 0.2) is 6.29 Å². The number of carbonyl (C=O) groups excluding carboxylic acids is 3. The Morgan fingerprint density at radius 2 is 1.80 bits per heavy atom. The van der Waals surface area contributed by atoms with E-state index in [9.17, 15) is 28.0 Å². The molecule has 1 aromatic carbocycles. The number of amides is 2. The van der Waals surface area contributed by atoms with E-state index in [1.165, 1.54) is 29.0 Å². The Morgan fingerprint density at radius 3 is 2.42 bits per heavy atom. The lowest BCUT2D eigenvalue weighted by Gasteiger charge is -2.39. The Morgan fingerprint density at radius 1 is 1.10 bits per heavy atom. The molecule has 2 aliphatic rings. The van der Waals surface area contributed by atoms with Gasteiger partial charge in [-0.25, -0.2) is 13.8 Å². The third kappa shape index (κ3) is 5.74. The summed E-state index contributed by atoms with van der Waals surface area (Å²) in [6, 6.07) is 8.89. The molecule has 0 spiro atoms. The van der Waals surface area contributed by atoms with Gasteiger partial charge in [0.05, 0.1) is 13.1 Å². The van der Waals surface area contributed by atoms with E-state index in [1.54, 1.807) is 18.2 Å². The molecule has 2 N–H and O–H groups in total. The summed E-state index contributed by atoms with van der Waals surface area (Å²) in [5.74, 6) is -3.85. The van der Waals surface area contributed by atoms with Crippen molar-refractivity contribution in [1.82, 2.24) is 14.5 Å². The van der Waals surface area contributed by atoms with Crippen molar-refractivity contribution in [2.45, 2.75) is 44.7 Å². The van der Waals surface area contributed by atoms with Gasteiger partial charge in [-0.2, -0.15) is 0 Å². The third-order valence-electron chi connectivity index (χ3n) is 6.54. The lowest BCUT2D eigenvalue weighted by atomic mass is 9.97. The largest absolute Gasteiger partial charge is 0.368 e. The SMILES string of the molecule is CC(C)Nc1cc(-c2ccc(Cl)cc2C(=O)N2CC(F)(F)C2)cc(NC(=O)c2cc(C=O)cn(C3CC3)c2=O)n1. The van der Waals surface area contributed by atoms with Gasteiger partial charge >= 0.3 is 0 Å². The van der Waals surface area contributed by atoms with Gasteiger partial charge < -0.3 is 20.1 Å². The quantitative estimate of drug-likeness (QED) is 0.374. The van der Waals surface area contributed by atoms with Crippen molar-refractivity contribution in [3.05, 3.63) is 74.7 Å². The minimum atomic E-state index is -2.93. The molecule has 40 heavy (non-hydrogen) atoms. The summed E-state index contributed by atoms with van der Waals surface area (Å²) in [5, 5.41) is 6.04. The van der Waals surface area contributed by atoms with Gasteiger partial charge in [-0.05, 0) is 68.1 Å². The summed E-state index contributed by atoms with van der Waals surface area (Å²) in [7, 11) is 0. The van der Waals surface area contributed by atoms with Gasteiger partial charge in [0.1, 0.15) is 17.2 Å². The van der Waals surface area contributed by atoms with Crippen molar-refractivity contribution in [2.75, 3.05) is 23.7 Å². The van der Waals surface area contributed by atoms with E-state index in [-0.39, 0.29) is 39.6 Å². The first-order chi connectivity index (χ1) is 18.9. The first-order valence-electron chi connectivity index (χ1n) is 12.7. The molecule has 0 unspecified atom stereocenters. The fourth-order valence-electron chi connectivity index (χ4n) is 4.55. The Hall–Kier alpha value is -4.12. The van der Waals surface area contributed by atoms with Crippen LogP contribution in [0, 0.1) is 0 Å². The first-order valence-corrected chi connectivity index (χ1v) is 13.1. The average Bonchev–Trinajstić information content (AvgIpc) is 3.71. The molecule has 1 aliphatic carbocycles. The molecule has 2 fully saturated rings. The van der Waals surface area contributed by atoms with E-state index in [0.717, 1.165) is 17.7 Å². The summed E-state index contributed by atoms with van der Waals surface area (Å²) in [4.78, 5) is 56.3. The van der Waals surface area contributed by atoms with Crippen molar-refractivity contribution < 1.29 is 23.2 Å². The van der Waals surface area contributed by atoms with E-state index < -0.39 is 36.4 Å². The topological polar surface area (TPSA) is 113 Å². The predicted molar refractivity (Wildman–Crippen MR) is 147 cm³/mol. The maximum atomic E-state index is 13.5.